The van der Waals surface area contributed by atoms with E-state index in [4.69, 9.17) is 9.47 Å². The molecule has 1 aromatic rings. The van der Waals surface area contributed by atoms with Crippen LogP contribution < -0.4 is 0 Å². The van der Waals surface area contributed by atoms with Crippen molar-refractivity contribution in [1.82, 2.24) is 0 Å². The summed E-state index contributed by atoms with van der Waals surface area (Å²) in [6, 6.07) is 7.98. The predicted octanol–water partition coefficient (Wildman–Crippen LogP) is 2.38. The van der Waals surface area contributed by atoms with Gasteiger partial charge < -0.3 is 9.47 Å². The number of carbonyl (C=O) groups is 1. The molecule has 1 atom stereocenters. The highest BCUT2D eigenvalue weighted by Crippen LogP contribution is 2.24. The number of ether oxygens (including phenoxy) is 2. The molecule has 0 N–H and O–H groups in total. The van der Waals surface area contributed by atoms with E-state index in [0.717, 1.165) is 12.0 Å². The third-order valence-electron chi connectivity index (χ3n) is 2.91. The van der Waals surface area contributed by atoms with Gasteiger partial charge in [0.2, 0.25) is 0 Å². The average molecular weight is 266 g/mol. The monoisotopic (exact) mass is 266 g/mol. The first-order chi connectivity index (χ1) is 8.44. The minimum absolute atomic E-state index is 0.109. The van der Waals surface area contributed by atoms with E-state index in [0.29, 0.717) is 13.0 Å². The van der Waals surface area contributed by atoms with Crippen molar-refractivity contribution in [2.24, 2.45) is 0 Å². The molecule has 98 valence electrons. The van der Waals surface area contributed by atoms with Crippen LogP contribution in [0.25, 0.3) is 0 Å². The average Bonchev–Trinajstić information content (AvgIpc) is 2.60. The van der Waals surface area contributed by atoms with Crippen LogP contribution in [0.4, 0.5) is 0 Å². The second-order valence-corrected chi connectivity index (χ2v) is 5.54. The fraction of sp³-hybridized carbons (Fsp3) is 0.500. The Bertz CT molecular complexity index is 425. The largest absolute Gasteiger partial charge is 0.348 e. The van der Waals surface area contributed by atoms with Crippen LogP contribution in [0.5, 0.6) is 0 Å². The smallest absolute Gasteiger partial charge is 0.190 e. The van der Waals surface area contributed by atoms with Crippen LogP contribution in [0.1, 0.15) is 25.0 Å². The predicted molar refractivity (Wildman–Crippen MR) is 72.7 cm³/mol. The Morgan fingerprint density at radius 1 is 1.33 bits per heavy atom. The zero-order chi connectivity index (χ0) is 13.2. The van der Waals surface area contributed by atoms with Crippen LogP contribution in [-0.4, -0.2) is 23.6 Å². The molecule has 0 aliphatic carbocycles. The van der Waals surface area contributed by atoms with Gasteiger partial charge in [-0.25, -0.2) is 0 Å². The number of carbonyl (C=O) groups excluding carboxylic acids is 1. The molecule has 1 heterocycles. The lowest BCUT2D eigenvalue weighted by Crippen LogP contribution is -2.22. The molecular weight excluding hydrogens is 248 g/mol. The van der Waals surface area contributed by atoms with Crippen molar-refractivity contribution >= 4 is 17.7 Å². The molecule has 0 unspecified atom stereocenters. The van der Waals surface area contributed by atoms with Gasteiger partial charge in [-0.15, -0.1) is 12.6 Å². The van der Waals surface area contributed by atoms with Crippen molar-refractivity contribution < 1.29 is 14.3 Å². The molecule has 18 heavy (non-hydrogen) atoms. The van der Waals surface area contributed by atoms with E-state index in [1.165, 1.54) is 5.56 Å². The highest BCUT2D eigenvalue weighted by Gasteiger charge is 2.32. The van der Waals surface area contributed by atoms with Gasteiger partial charge >= 0.3 is 0 Å². The van der Waals surface area contributed by atoms with Crippen molar-refractivity contribution in [3.05, 3.63) is 35.4 Å². The standard InChI is InChI=1S/C14H18O3S/c1-14(2)16-9-12(17-14)7-10-3-5-11(6-4-10)8-13(15)18/h3-6,12H,7-9H2,1-2H3,(H,15,18)/t12-/m1/s1. The van der Waals surface area contributed by atoms with Gasteiger partial charge in [-0.3, -0.25) is 4.79 Å². The van der Waals surface area contributed by atoms with Crippen LogP contribution in [-0.2, 0) is 27.1 Å². The molecule has 1 aliphatic rings. The first-order valence-electron chi connectivity index (χ1n) is 6.06. The van der Waals surface area contributed by atoms with Gasteiger partial charge in [0.05, 0.1) is 12.7 Å². The zero-order valence-corrected chi connectivity index (χ0v) is 11.6. The Kier molecular flexibility index (Phi) is 4.10. The molecule has 0 aromatic heterocycles. The van der Waals surface area contributed by atoms with Gasteiger partial charge in [0.15, 0.2) is 10.9 Å². The van der Waals surface area contributed by atoms with Crippen molar-refractivity contribution in [3.63, 3.8) is 0 Å². The zero-order valence-electron chi connectivity index (χ0n) is 10.7. The van der Waals surface area contributed by atoms with Crippen LogP contribution >= 0.6 is 12.6 Å². The van der Waals surface area contributed by atoms with E-state index >= 15 is 0 Å². The second-order valence-electron chi connectivity index (χ2n) is 5.04. The molecule has 1 saturated heterocycles. The second kappa shape index (κ2) is 5.43. The van der Waals surface area contributed by atoms with E-state index in [1.807, 2.05) is 38.1 Å². The van der Waals surface area contributed by atoms with E-state index in [-0.39, 0.29) is 11.2 Å². The molecule has 0 amide bonds. The molecule has 1 aliphatic heterocycles. The van der Waals surface area contributed by atoms with Gasteiger partial charge in [-0.2, -0.15) is 0 Å². The van der Waals surface area contributed by atoms with Crippen LogP contribution in [0.15, 0.2) is 24.3 Å². The SMILES string of the molecule is CC1(C)OC[C@@H](Cc2ccc(CC(=O)S)cc2)O1. The summed E-state index contributed by atoms with van der Waals surface area (Å²) < 4.78 is 11.3. The topological polar surface area (TPSA) is 35.5 Å². The summed E-state index contributed by atoms with van der Waals surface area (Å²) in [4.78, 5) is 10.9. The summed E-state index contributed by atoms with van der Waals surface area (Å²) in [5.74, 6) is -0.469. The van der Waals surface area contributed by atoms with Crippen molar-refractivity contribution in [2.45, 2.75) is 38.6 Å². The Labute approximate surface area is 113 Å². The van der Waals surface area contributed by atoms with Crippen molar-refractivity contribution in [1.29, 1.82) is 0 Å². The van der Waals surface area contributed by atoms with Gasteiger partial charge in [0, 0.05) is 12.8 Å². The van der Waals surface area contributed by atoms with E-state index < -0.39 is 5.79 Å². The molecule has 1 aromatic carbocycles. The molecule has 3 nitrogen and oxygen atoms in total. The van der Waals surface area contributed by atoms with Crippen molar-refractivity contribution in [3.8, 4) is 0 Å². The van der Waals surface area contributed by atoms with E-state index in [9.17, 15) is 4.79 Å². The van der Waals surface area contributed by atoms with E-state index in [1.54, 1.807) is 0 Å². The van der Waals surface area contributed by atoms with Crippen LogP contribution in [0, 0.1) is 0 Å². The molecule has 0 saturated carbocycles. The van der Waals surface area contributed by atoms with Gasteiger partial charge in [-0.1, -0.05) is 24.3 Å². The number of hydrogen-bond acceptors (Lipinski definition) is 3. The van der Waals surface area contributed by atoms with Gasteiger partial charge in [0.1, 0.15) is 0 Å². The summed E-state index contributed by atoms with van der Waals surface area (Å²) in [5.41, 5.74) is 2.18. The minimum atomic E-state index is -0.469. The maximum absolute atomic E-state index is 10.9. The molecule has 0 bridgehead atoms. The minimum Gasteiger partial charge on any atom is -0.348 e. The highest BCUT2D eigenvalue weighted by atomic mass is 32.1. The third kappa shape index (κ3) is 3.83. The summed E-state index contributed by atoms with van der Waals surface area (Å²) in [5, 5.41) is -0.114. The molecule has 0 radical (unpaired) electrons. The fourth-order valence-corrected chi connectivity index (χ4v) is 2.28. The molecule has 4 heteroatoms. The van der Waals surface area contributed by atoms with E-state index in [2.05, 4.69) is 12.6 Å². The number of benzene rings is 1. The normalized spacial score (nSPS) is 22.1. The molecule has 0 spiro atoms. The number of rotatable bonds is 4. The lowest BCUT2D eigenvalue weighted by molar-refractivity contribution is -0.138. The summed E-state index contributed by atoms with van der Waals surface area (Å²) in [6.45, 7) is 4.48. The van der Waals surface area contributed by atoms with Gasteiger partial charge in [0.25, 0.3) is 0 Å². The molecular formula is C14H18O3S. The lowest BCUT2D eigenvalue weighted by Gasteiger charge is -2.17. The van der Waals surface area contributed by atoms with Gasteiger partial charge in [-0.05, 0) is 25.0 Å². The van der Waals surface area contributed by atoms with Crippen LogP contribution in [0.3, 0.4) is 0 Å². The number of hydrogen-bond donors (Lipinski definition) is 1. The maximum Gasteiger partial charge on any atom is 0.190 e. The first-order valence-corrected chi connectivity index (χ1v) is 6.51. The Morgan fingerprint density at radius 3 is 2.44 bits per heavy atom. The van der Waals surface area contributed by atoms with Crippen LogP contribution in [0.2, 0.25) is 0 Å². The molecule has 2 rings (SSSR count). The summed E-state index contributed by atoms with van der Waals surface area (Å²) >= 11 is 3.77. The Hall–Kier alpha value is -0.840. The quantitative estimate of drug-likeness (QED) is 0.850. The Morgan fingerprint density at radius 2 is 1.94 bits per heavy atom. The fourth-order valence-electron chi connectivity index (χ4n) is 2.09. The van der Waals surface area contributed by atoms with Crippen molar-refractivity contribution in [2.75, 3.05) is 6.61 Å². The molecule has 1 fully saturated rings. The highest BCUT2D eigenvalue weighted by molar-refractivity contribution is 7.96. The summed E-state index contributed by atoms with van der Waals surface area (Å²) in [7, 11) is 0. The Balaban J connectivity index is 1.92. The third-order valence-corrected chi connectivity index (χ3v) is 3.07. The summed E-state index contributed by atoms with van der Waals surface area (Å²) in [6.07, 6.45) is 1.32. The number of thiol groups is 1. The first kappa shape index (κ1) is 13.6. The lowest BCUT2D eigenvalue weighted by atomic mass is 10.0. The maximum atomic E-state index is 10.9.